The molecule has 2 aromatic carbocycles. The second-order valence-electron chi connectivity index (χ2n) is 7.63. The number of amides is 1. The van der Waals surface area contributed by atoms with E-state index in [1.807, 2.05) is 24.3 Å². The first-order chi connectivity index (χ1) is 13.9. The molecule has 1 amide bonds. The van der Waals surface area contributed by atoms with Crippen LogP contribution in [0.3, 0.4) is 0 Å². The van der Waals surface area contributed by atoms with Crippen LogP contribution in [-0.4, -0.2) is 22.7 Å². The van der Waals surface area contributed by atoms with Gasteiger partial charge in [0.1, 0.15) is 5.75 Å². The number of aromatic nitrogens is 2. The molecular weight excluding hydrogens is 366 g/mol. The van der Waals surface area contributed by atoms with E-state index in [1.165, 1.54) is 11.1 Å². The van der Waals surface area contributed by atoms with E-state index in [0.29, 0.717) is 29.9 Å². The fourth-order valence-electron chi connectivity index (χ4n) is 2.82. The summed E-state index contributed by atoms with van der Waals surface area (Å²) in [5, 5.41) is 10.4. The zero-order chi connectivity index (χ0) is 20.8. The molecule has 6 heteroatoms. The van der Waals surface area contributed by atoms with Gasteiger partial charge in [-0.1, -0.05) is 69.2 Å². The third-order valence-corrected chi connectivity index (χ3v) is 4.63. The molecule has 0 saturated carbocycles. The maximum Gasteiger partial charge on any atom is 0.322 e. The second kappa shape index (κ2) is 9.37. The third kappa shape index (κ3) is 5.91. The molecule has 152 valence electrons. The van der Waals surface area contributed by atoms with Gasteiger partial charge in [-0.3, -0.25) is 10.1 Å². The summed E-state index contributed by atoms with van der Waals surface area (Å²) in [7, 11) is 0. The van der Waals surface area contributed by atoms with Crippen LogP contribution in [0.15, 0.2) is 52.9 Å². The van der Waals surface area contributed by atoms with Crippen LogP contribution in [-0.2, 0) is 11.2 Å². The molecule has 0 bridgehead atoms. The summed E-state index contributed by atoms with van der Waals surface area (Å²) in [6, 6.07) is 16.1. The van der Waals surface area contributed by atoms with Crippen molar-refractivity contribution in [1.82, 2.24) is 10.2 Å². The number of benzene rings is 2. The number of carbonyl (C=O) groups excluding carboxylic acids is 1. The Morgan fingerprint density at radius 2 is 1.52 bits per heavy atom. The first-order valence-electron chi connectivity index (χ1n) is 9.84. The summed E-state index contributed by atoms with van der Waals surface area (Å²) in [6.07, 6.45) is 0.514. The molecule has 6 nitrogen and oxygen atoms in total. The maximum atomic E-state index is 12.1. The molecular formula is C23H27N3O3. The van der Waals surface area contributed by atoms with Crippen LogP contribution in [0.25, 0.3) is 0 Å². The van der Waals surface area contributed by atoms with E-state index in [-0.39, 0.29) is 18.5 Å². The number of nitrogens with one attached hydrogen (secondary N) is 1. The summed E-state index contributed by atoms with van der Waals surface area (Å²) in [6.45, 7) is 8.44. The number of hydrogen-bond acceptors (Lipinski definition) is 5. The van der Waals surface area contributed by atoms with Crippen molar-refractivity contribution in [3.8, 4) is 5.75 Å². The minimum Gasteiger partial charge on any atom is -0.484 e. The van der Waals surface area contributed by atoms with Crippen molar-refractivity contribution in [2.45, 2.75) is 46.0 Å². The van der Waals surface area contributed by atoms with Gasteiger partial charge < -0.3 is 9.15 Å². The summed E-state index contributed by atoms with van der Waals surface area (Å²) in [5.74, 6) is 1.68. The topological polar surface area (TPSA) is 77.2 Å². The van der Waals surface area contributed by atoms with Gasteiger partial charge in [0.2, 0.25) is 5.89 Å². The van der Waals surface area contributed by atoms with Crippen molar-refractivity contribution in [2.24, 2.45) is 0 Å². The Labute approximate surface area is 171 Å². The van der Waals surface area contributed by atoms with E-state index >= 15 is 0 Å². The van der Waals surface area contributed by atoms with Crippen LogP contribution in [0.4, 0.5) is 6.01 Å². The number of rotatable bonds is 8. The molecule has 0 fully saturated rings. The van der Waals surface area contributed by atoms with Crippen LogP contribution >= 0.6 is 0 Å². The lowest BCUT2D eigenvalue weighted by atomic mass is 10.0. The second-order valence-corrected chi connectivity index (χ2v) is 7.63. The van der Waals surface area contributed by atoms with E-state index in [2.05, 4.69) is 67.5 Å². The number of anilines is 1. The summed E-state index contributed by atoms with van der Waals surface area (Å²) in [4.78, 5) is 12.1. The highest BCUT2D eigenvalue weighted by Crippen LogP contribution is 2.19. The molecule has 3 rings (SSSR count). The summed E-state index contributed by atoms with van der Waals surface area (Å²) in [5.41, 5.74) is 3.58. The van der Waals surface area contributed by atoms with E-state index in [1.54, 1.807) is 0 Å². The highest BCUT2D eigenvalue weighted by molar-refractivity contribution is 5.89. The smallest absolute Gasteiger partial charge is 0.322 e. The van der Waals surface area contributed by atoms with E-state index in [0.717, 1.165) is 5.56 Å². The Balaban J connectivity index is 1.49. The Hall–Kier alpha value is -3.15. The fourth-order valence-corrected chi connectivity index (χ4v) is 2.82. The average Bonchev–Trinajstić information content (AvgIpc) is 3.13. The highest BCUT2D eigenvalue weighted by Gasteiger charge is 2.11. The van der Waals surface area contributed by atoms with Gasteiger partial charge in [-0.25, -0.2) is 0 Å². The molecule has 0 atom stereocenters. The number of hydrogen-bond donors (Lipinski definition) is 1. The zero-order valence-electron chi connectivity index (χ0n) is 17.3. The molecule has 1 heterocycles. The SMILES string of the molecule is CC(C)c1ccc(Cc2nnc(NC(=O)COc3ccc(C(C)C)cc3)o2)cc1. The summed E-state index contributed by atoms with van der Waals surface area (Å²) < 4.78 is 11.0. The van der Waals surface area contributed by atoms with Crippen LogP contribution < -0.4 is 10.1 Å². The zero-order valence-corrected chi connectivity index (χ0v) is 17.3. The molecule has 0 unspecified atom stereocenters. The van der Waals surface area contributed by atoms with E-state index < -0.39 is 0 Å². The Morgan fingerprint density at radius 3 is 2.10 bits per heavy atom. The summed E-state index contributed by atoms with van der Waals surface area (Å²) >= 11 is 0. The van der Waals surface area contributed by atoms with Crippen molar-refractivity contribution >= 4 is 11.9 Å². The molecule has 0 saturated heterocycles. The van der Waals surface area contributed by atoms with Gasteiger partial charge in [0.05, 0.1) is 6.42 Å². The van der Waals surface area contributed by atoms with Crippen molar-refractivity contribution in [2.75, 3.05) is 11.9 Å². The molecule has 1 N–H and O–H groups in total. The molecule has 0 aliphatic rings. The molecule has 0 aliphatic heterocycles. The normalized spacial score (nSPS) is 11.1. The Bertz CT molecular complexity index is 929. The number of ether oxygens (including phenoxy) is 1. The largest absolute Gasteiger partial charge is 0.484 e. The average molecular weight is 393 g/mol. The molecule has 0 spiro atoms. The number of carbonyl (C=O) groups is 1. The minimum atomic E-state index is -0.352. The van der Waals surface area contributed by atoms with Crippen molar-refractivity contribution in [3.05, 3.63) is 71.1 Å². The van der Waals surface area contributed by atoms with Crippen molar-refractivity contribution in [1.29, 1.82) is 0 Å². The fraction of sp³-hybridized carbons (Fsp3) is 0.348. The van der Waals surface area contributed by atoms with Gasteiger partial charge in [0.25, 0.3) is 5.91 Å². The van der Waals surface area contributed by atoms with Crippen LogP contribution in [0.5, 0.6) is 5.75 Å². The van der Waals surface area contributed by atoms with Crippen molar-refractivity contribution < 1.29 is 13.9 Å². The predicted molar refractivity (Wildman–Crippen MR) is 112 cm³/mol. The lowest BCUT2D eigenvalue weighted by Crippen LogP contribution is -2.20. The highest BCUT2D eigenvalue weighted by atomic mass is 16.5. The quantitative estimate of drug-likeness (QED) is 0.587. The molecule has 1 aromatic heterocycles. The van der Waals surface area contributed by atoms with Gasteiger partial charge in [0.15, 0.2) is 6.61 Å². The monoisotopic (exact) mass is 393 g/mol. The predicted octanol–water partition coefficient (Wildman–Crippen LogP) is 4.92. The van der Waals surface area contributed by atoms with Gasteiger partial charge in [-0.2, -0.15) is 0 Å². The van der Waals surface area contributed by atoms with E-state index in [4.69, 9.17) is 9.15 Å². The minimum absolute atomic E-state index is 0.0718. The molecule has 29 heavy (non-hydrogen) atoms. The van der Waals surface area contributed by atoms with E-state index in [9.17, 15) is 4.79 Å². The standard InChI is InChI=1S/C23H27N3O3/c1-15(2)18-7-5-17(6-8-18)13-22-25-26-23(29-22)24-21(27)14-28-20-11-9-19(10-12-20)16(3)4/h5-12,15-16H,13-14H2,1-4H3,(H,24,26,27). The van der Waals surface area contributed by atoms with Crippen LogP contribution in [0.2, 0.25) is 0 Å². The van der Waals surface area contributed by atoms with Crippen LogP contribution in [0, 0.1) is 0 Å². The third-order valence-electron chi connectivity index (χ3n) is 4.63. The van der Waals surface area contributed by atoms with Crippen LogP contribution in [0.1, 0.15) is 62.1 Å². The van der Waals surface area contributed by atoms with Gasteiger partial charge in [-0.05, 0) is 40.7 Å². The Morgan fingerprint density at radius 1 is 0.931 bits per heavy atom. The van der Waals surface area contributed by atoms with Gasteiger partial charge >= 0.3 is 6.01 Å². The first-order valence-corrected chi connectivity index (χ1v) is 9.84. The lowest BCUT2D eigenvalue weighted by Gasteiger charge is -2.08. The maximum absolute atomic E-state index is 12.1. The molecule has 3 aromatic rings. The Kier molecular flexibility index (Phi) is 6.65. The van der Waals surface area contributed by atoms with Gasteiger partial charge in [0, 0.05) is 0 Å². The van der Waals surface area contributed by atoms with Crippen molar-refractivity contribution in [3.63, 3.8) is 0 Å². The first kappa shape index (κ1) is 20.6. The van der Waals surface area contributed by atoms with Gasteiger partial charge in [-0.15, -0.1) is 5.10 Å². The number of nitrogens with zero attached hydrogens (tertiary/aromatic N) is 2. The molecule has 0 radical (unpaired) electrons. The molecule has 0 aliphatic carbocycles. The lowest BCUT2D eigenvalue weighted by molar-refractivity contribution is -0.118.